The van der Waals surface area contributed by atoms with Crippen LogP contribution >= 0.6 is 0 Å². The van der Waals surface area contributed by atoms with E-state index in [1.807, 2.05) is 0 Å². The fourth-order valence-electron chi connectivity index (χ4n) is 0.948. The summed E-state index contributed by atoms with van der Waals surface area (Å²) in [6, 6.07) is 5.59. The van der Waals surface area contributed by atoms with Gasteiger partial charge in [-0.25, -0.2) is 0 Å². The summed E-state index contributed by atoms with van der Waals surface area (Å²) in [6.45, 7) is 1.01. The molecule has 4 nitrogen and oxygen atoms in total. The summed E-state index contributed by atoms with van der Waals surface area (Å²) >= 11 is 0. The molecule has 0 saturated carbocycles. The van der Waals surface area contributed by atoms with E-state index in [-0.39, 0.29) is 11.3 Å². The highest BCUT2D eigenvalue weighted by Gasteiger charge is 2.22. The van der Waals surface area contributed by atoms with Gasteiger partial charge in [-0.05, 0) is 12.1 Å². The third kappa shape index (κ3) is 1.85. The largest absolute Gasteiger partial charge is 0.507 e. The Labute approximate surface area is 80.2 Å². The summed E-state index contributed by atoms with van der Waals surface area (Å²) in [4.78, 5) is 32.9. The SMILES string of the molecule is CC(=O)C(=O)C(=O)c1ccccc1O. The highest BCUT2D eigenvalue weighted by Crippen LogP contribution is 2.16. The molecule has 14 heavy (non-hydrogen) atoms. The second kappa shape index (κ2) is 3.83. The number of para-hydroxylation sites is 1. The van der Waals surface area contributed by atoms with Gasteiger partial charge in [0.2, 0.25) is 11.6 Å². The van der Waals surface area contributed by atoms with E-state index in [2.05, 4.69) is 0 Å². The van der Waals surface area contributed by atoms with Crippen molar-refractivity contribution in [2.24, 2.45) is 0 Å². The number of benzene rings is 1. The number of hydrogen-bond donors (Lipinski definition) is 1. The van der Waals surface area contributed by atoms with Crippen molar-refractivity contribution in [2.75, 3.05) is 0 Å². The minimum Gasteiger partial charge on any atom is -0.507 e. The number of hydrogen-bond acceptors (Lipinski definition) is 4. The van der Waals surface area contributed by atoms with E-state index in [4.69, 9.17) is 0 Å². The summed E-state index contributed by atoms with van der Waals surface area (Å²) in [5, 5.41) is 9.23. The molecule has 0 radical (unpaired) electrons. The van der Waals surface area contributed by atoms with Crippen LogP contribution in [0.25, 0.3) is 0 Å². The fourth-order valence-corrected chi connectivity index (χ4v) is 0.948. The molecule has 72 valence electrons. The molecular formula is C10H8O4. The first-order chi connectivity index (χ1) is 6.54. The van der Waals surface area contributed by atoms with Crippen molar-refractivity contribution in [3.63, 3.8) is 0 Å². The normalized spacial score (nSPS) is 9.50. The molecule has 4 heteroatoms. The second-order valence-electron chi connectivity index (χ2n) is 2.73. The van der Waals surface area contributed by atoms with Gasteiger partial charge in [-0.15, -0.1) is 0 Å². The van der Waals surface area contributed by atoms with E-state index in [1.165, 1.54) is 24.3 Å². The van der Waals surface area contributed by atoms with Gasteiger partial charge >= 0.3 is 0 Å². The van der Waals surface area contributed by atoms with Gasteiger partial charge in [0, 0.05) is 6.92 Å². The third-order valence-electron chi connectivity index (χ3n) is 1.67. The predicted octanol–water partition coefficient (Wildman–Crippen LogP) is 0.733. The first-order valence-corrected chi connectivity index (χ1v) is 3.91. The molecule has 0 heterocycles. The third-order valence-corrected chi connectivity index (χ3v) is 1.67. The molecule has 0 aliphatic rings. The quantitative estimate of drug-likeness (QED) is 0.435. The molecule has 1 aromatic carbocycles. The Morgan fingerprint density at radius 1 is 1.14 bits per heavy atom. The van der Waals surface area contributed by atoms with Crippen LogP contribution in [0.4, 0.5) is 0 Å². The first kappa shape index (κ1) is 10.1. The lowest BCUT2D eigenvalue weighted by Crippen LogP contribution is -2.21. The van der Waals surface area contributed by atoms with Gasteiger partial charge in [0.15, 0.2) is 0 Å². The number of carbonyl (C=O) groups excluding carboxylic acids is 3. The van der Waals surface area contributed by atoms with Crippen molar-refractivity contribution in [2.45, 2.75) is 6.92 Å². The fraction of sp³-hybridized carbons (Fsp3) is 0.100. The van der Waals surface area contributed by atoms with Gasteiger partial charge in [-0.3, -0.25) is 14.4 Å². The van der Waals surface area contributed by atoms with Gasteiger partial charge in [0.1, 0.15) is 5.75 Å². The van der Waals surface area contributed by atoms with E-state index in [0.29, 0.717) is 0 Å². The molecule has 0 aliphatic heterocycles. The van der Waals surface area contributed by atoms with Crippen molar-refractivity contribution in [1.29, 1.82) is 0 Å². The van der Waals surface area contributed by atoms with Crippen molar-refractivity contribution in [3.05, 3.63) is 29.8 Å². The Morgan fingerprint density at radius 3 is 2.21 bits per heavy atom. The van der Waals surface area contributed by atoms with E-state index >= 15 is 0 Å². The number of rotatable bonds is 3. The summed E-state index contributed by atoms with van der Waals surface area (Å²) < 4.78 is 0. The summed E-state index contributed by atoms with van der Waals surface area (Å²) in [6.07, 6.45) is 0. The van der Waals surface area contributed by atoms with Crippen LogP contribution in [0.15, 0.2) is 24.3 Å². The minimum atomic E-state index is -1.12. The zero-order valence-electron chi connectivity index (χ0n) is 7.48. The molecule has 1 aromatic rings. The van der Waals surface area contributed by atoms with Gasteiger partial charge in [0.05, 0.1) is 5.56 Å². The summed E-state index contributed by atoms with van der Waals surface area (Å²) in [5.74, 6) is -3.23. The maximum absolute atomic E-state index is 11.3. The number of aromatic hydroxyl groups is 1. The lowest BCUT2D eigenvalue weighted by atomic mass is 10.0. The molecule has 0 unspecified atom stereocenters. The average molecular weight is 192 g/mol. The molecule has 0 aromatic heterocycles. The van der Waals surface area contributed by atoms with E-state index in [9.17, 15) is 19.5 Å². The maximum atomic E-state index is 11.3. The van der Waals surface area contributed by atoms with E-state index < -0.39 is 17.3 Å². The lowest BCUT2D eigenvalue weighted by Gasteiger charge is -1.99. The first-order valence-electron chi connectivity index (χ1n) is 3.91. The molecule has 1 rings (SSSR count). The van der Waals surface area contributed by atoms with Crippen LogP contribution in [-0.4, -0.2) is 22.5 Å². The molecule has 0 aliphatic carbocycles. The standard InChI is InChI=1S/C10H8O4/c1-6(11)9(13)10(14)7-4-2-3-5-8(7)12/h2-5,12H,1H3. The van der Waals surface area contributed by atoms with Gasteiger partial charge in [-0.1, -0.05) is 12.1 Å². The van der Waals surface area contributed by atoms with Crippen molar-refractivity contribution < 1.29 is 19.5 Å². The molecule has 0 atom stereocenters. The number of phenols is 1. The molecule has 0 saturated heterocycles. The molecule has 0 bridgehead atoms. The Morgan fingerprint density at radius 2 is 1.71 bits per heavy atom. The number of Topliss-reactive ketones (excluding diaryl/α,β-unsaturated/α-hetero) is 3. The van der Waals surface area contributed by atoms with E-state index in [1.54, 1.807) is 0 Å². The predicted molar refractivity (Wildman–Crippen MR) is 48.1 cm³/mol. The van der Waals surface area contributed by atoms with Gasteiger partial charge in [-0.2, -0.15) is 0 Å². The van der Waals surface area contributed by atoms with Crippen molar-refractivity contribution in [1.82, 2.24) is 0 Å². The molecule has 0 spiro atoms. The highest BCUT2D eigenvalue weighted by molar-refractivity contribution is 6.66. The Hall–Kier alpha value is -1.97. The molecule has 1 N–H and O–H groups in total. The zero-order valence-corrected chi connectivity index (χ0v) is 7.48. The molecular weight excluding hydrogens is 184 g/mol. The summed E-state index contributed by atoms with van der Waals surface area (Å²) in [5.41, 5.74) is -0.146. The number of carbonyl (C=O) groups is 3. The molecule has 0 fully saturated rings. The number of ketones is 3. The lowest BCUT2D eigenvalue weighted by molar-refractivity contribution is -0.132. The van der Waals surface area contributed by atoms with Crippen LogP contribution in [0.3, 0.4) is 0 Å². The van der Waals surface area contributed by atoms with Crippen LogP contribution in [0.5, 0.6) is 5.75 Å². The average Bonchev–Trinajstić information content (AvgIpc) is 2.16. The van der Waals surface area contributed by atoms with E-state index in [0.717, 1.165) is 6.92 Å². The summed E-state index contributed by atoms with van der Waals surface area (Å²) in [7, 11) is 0. The zero-order chi connectivity index (χ0) is 10.7. The topological polar surface area (TPSA) is 71.4 Å². The van der Waals surface area contributed by atoms with Crippen LogP contribution in [0.1, 0.15) is 17.3 Å². The Kier molecular flexibility index (Phi) is 2.76. The Bertz CT molecular complexity index is 406. The minimum absolute atomic E-state index is 0.146. The maximum Gasteiger partial charge on any atom is 0.268 e. The van der Waals surface area contributed by atoms with Crippen LogP contribution in [-0.2, 0) is 9.59 Å². The van der Waals surface area contributed by atoms with Gasteiger partial charge in [0.25, 0.3) is 5.78 Å². The van der Waals surface area contributed by atoms with Crippen molar-refractivity contribution in [3.8, 4) is 5.75 Å². The van der Waals surface area contributed by atoms with Crippen molar-refractivity contribution >= 4 is 17.3 Å². The smallest absolute Gasteiger partial charge is 0.268 e. The van der Waals surface area contributed by atoms with Crippen LogP contribution in [0, 0.1) is 0 Å². The van der Waals surface area contributed by atoms with Crippen LogP contribution < -0.4 is 0 Å². The van der Waals surface area contributed by atoms with Gasteiger partial charge < -0.3 is 5.11 Å². The highest BCUT2D eigenvalue weighted by atomic mass is 16.3. The van der Waals surface area contributed by atoms with Crippen LogP contribution in [0.2, 0.25) is 0 Å². The molecule has 0 amide bonds. The monoisotopic (exact) mass is 192 g/mol. The Balaban J connectivity index is 3.08. The number of phenolic OH excluding ortho intramolecular Hbond substituents is 1. The second-order valence-corrected chi connectivity index (χ2v) is 2.73.